The number of aryl methyl sites for hydroxylation is 1. The zero-order chi connectivity index (χ0) is 17.8. The predicted octanol–water partition coefficient (Wildman–Crippen LogP) is 3.17. The van der Waals surface area contributed by atoms with Gasteiger partial charge in [-0.05, 0) is 70.1 Å². The summed E-state index contributed by atoms with van der Waals surface area (Å²) in [6.45, 7) is 3.64. The molecule has 7 heteroatoms. The van der Waals surface area contributed by atoms with E-state index in [0.717, 1.165) is 17.8 Å². The Hall–Kier alpha value is -1.92. The molecule has 7 nitrogen and oxygen atoms in total. The molecule has 136 valence electrons. The minimum absolute atomic E-state index is 0.0196. The first-order chi connectivity index (χ1) is 11.8. The van der Waals surface area contributed by atoms with Gasteiger partial charge in [-0.15, -0.1) is 0 Å². The summed E-state index contributed by atoms with van der Waals surface area (Å²) in [5, 5.41) is 15.2. The maximum Gasteiger partial charge on any atom is 0.327 e. The summed E-state index contributed by atoms with van der Waals surface area (Å²) >= 11 is 0. The van der Waals surface area contributed by atoms with E-state index in [-0.39, 0.29) is 23.6 Å². The van der Waals surface area contributed by atoms with Crippen LogP contribution in [-0.2, 0) is 16.1 Å². The molecule has 4 fully saturated rings. The molecule has 4 aliphatic carbocycles. The fourth-order valence-electron chi connectivity index (χ4n) is 5.97. The van der Waals surface area contributed by atoms with E-state index in [4.69, 9.17) is 4.74 Å². The van der Waals surface area contributed by atoms with E-state index in [9.17, 15) is 14.9 Å². The molecule has 0 radical (unpaired) electrons. The van der Waals surface area contributed by atoms with Crippen molar-refractivity contribution in [3.63, 3.8) is 0 Å². The molecule has 0 atom stereocenters. The maximum atomic E-state index is 12.3. The molecule has 0 aliphatic heterocycles. The standard InChI is InChI=1S/C18H25N3O4/c1-11-17(21(23)24)12(2)20(19-11)9-16(22)25-10-18-6-13-3-14(7-18)5-15(4-13)8-18/h13-15H,3-10H2,1-2H3. The molecule has 1 aromatic rings. The van der Waals surface area contributed by atoms with Crippen molar-refractivity contribution >= 4 is 11.7 Å². The van der Waals surface area contributed by atoms with Crippen LogP contribution in [0.2, 0.25) is 0 Å². The second kappa shape index (κ2) is 5.81. The van der Waals surface area contributed by atoms with Crippen LogP contribution in [0.5, 0.6) is 0 Å². The summed E-state index contributed by atoms with van der Waals surface area (Å²) < 4.78 is 7.01. The van der Waals surface area contributed by atoms with Crippen LogP contribution in [0.1, 0.15) is 49.9 Å². The zero-order valence-corrected chi connectivity index (χ0v) is 14.9. The average molecular weight is 347 g/mol. The molecular formula is C18H25N3O4. The number of hydrogen-bond acceptors (Lipinski definition) is 5. The Balaban J connectivity index is 1.39. The van der Waals surface area contributed by atoms with Gasteiger partial charge in [-0.3, -0.25) is 19.6 Å². The molecule has 0 spiro atoms. The molecule has 1 heterocycles. The predicted molar refractivity (Wildman–Crippen MR) is 89.9 cm³/mol. The molecule has 0 aromatic carbocycles. The minimum Gasteiger partial charge on any atom is -0.464 e. The molecule has 25 heavy (non-hydrogen) atoms. The Morgan fingerprint density at radius 3 is 2.28 bits per heavy atom. The van der Waals surface area contributed by atoms with Crippen LogP contribution in [0, 0.1) is 47.1 Å². The summed E-state index contributed by atoms with van der Waals surface area (Å²) in [6, 6.07) is 0. The highest BCUT2D eigenvalue weighted by atomic mass is 16.6. The normalized spacial score (nSPS) is 32.8. The van der Waals surface area contributed by atoms with Crippen molar-refractivity contribution in [3.05, 3.63) is 21.5 Å². The number of aromatic nitrogens is 2. The highest BCUT2D eigenvalue weighted by Gasteiger charge is 2.51. The number of nitro groups is 1. The largest absolute Gasteiger partial charge is 0.464 e. The molecule has 0 N–H and O–H groups in total. The van der Waals surface area contributed by atoms with Crippen molar-refractivity contribution in [3.8, 4) is 0 Å². The first kappa shape index (κ1) is 16.5. The van der Waals surface area contributed by atoms with Gasteiger partial charge in [0.15, 0.2) is 0 Å². The first-order valence-electron chi connectivity index (χ1n) is 9.19. The van der Waals surface area contributed by atoms with Crippen molar-refractivity contribution in [2.75, 3.05) is 6.61 Å². The summed E-state index contributed by atoms with van der Waals surface area (Å²) in [7, 11) is 0. The van der Waals surface area contributed by atoms with Crippen molar-refractivity contribution < 1.29 is 14.5 Å². The van der Waals surface area contributed by atoms with Gasteiger partial charge >= 0.3 is 11.7 Å². The Morgan fingerprint density at radius 2 is 1.80 bits per heavy atom. The molecule has 0 amide bonds. The highest BCUT2D eigenvalue weighted by Crippen LogP contribution is 2.60. The molecule has 5 rings (SSSR count). The number of ether oxygens (including phenoxy) is 1. The fourth-order valence-corrected chi connectivity index (χ4v) is 5.97. The first-order valence-corrected chi connectivity index (χ1v) is 9.19. The van der Waals surface area contributed by atoms with E-state index < -0.39 is 4.92 Å². The van der Waals surface area contributed by atoms with Crippen molar-refractivity contribution in [1.82, 2.24) is 9.78 Å². The van der Waals surface area contributed by atoms with E-state index in [1.165, 1.54) is 43.2 Å². The van der Waals surface area contributed by atoms with E-state index in [0.29, 0.717) is 18.0 Å². The van der Waals surface area contributed by atoms with Gasteiger partial charge in [0, 0.05) is 5.41 Å². The van der Waals surface area contributed by atoms with Gasteiger partial charge in [-0.1, -0.05) is 0 Å². The van der Waals surface area contributed by atoms with Crippen LogP contribution in [0.15, 0.2) is 0 Å². The van der Waals surface area contributed by atoms with Gasteiger partial charge in [0.25, 0.3) is 0 Å². The lowest BCUT2D eigenvalue weighted by Crippen LogP contribution is -2.48. The van der Waals surface area contributed by atoms with Gasteiger partial charge in [-0.25, -0.2) is 0 Å². The van der Waals surface area contributed by atoms with Crippen LogP contribution < -0.4 is 0 Å². The number of rotatable bonds is 5. The van der Waals surface area contributed by atoms with Gasteiger partial charge in [0.1, 0.15) is 17.9 Å². The lowest BCUT2D eigenvalue weighted by Gasteiger charge is -2.56. The topological polar surface area (TPSA) is 87.3 Å². The van der Waals surface area contributed by atoms with Crippen molar-refractivity contribution in [2.24, 2.45) is 23.2 Å². The average Bonchev–Trinajstić information content (AvgIpc) is 2.78. The zero-order valence-electron chi connectivity index (χ0n) is 14.9. The lowest BCUT2D eigenvalue weighted by atomic mass is 9.50. The second-order valence-corrected chi connectivity index (χ2v) is 8.51. The molecule has 4 bridgehead atoms. The Bertz CT molecular complexity index is 689. The summed E-state index contributed by atoms with van der Waals surface area (Å²) in [4.78, 5) is 22.9. The Morgan fingerprint density at radius 1 is 1.24 bits per heavy atom. The van der Waals surface area contributed by atoms with Crippen LogP contribution >= 0.6 is 0 Å². The number of carbonyl (C=O) groups excluding carboxylic acids is 1. The van der Waals surface area contributed by atoms with Crippen molar-refractivity contribution in [2.45, 2.75) is 58.9 Å². The Kier molecular flexibility index (Phi) is 3.85. The van der Waals surface area contributed by atoms with Crippen molar-refractivity contribution in [1.29, 1.82) is 0 Å². The molecular weight excluding hydrogens is 322 g/mol. The number of carbonyl (C=O) groups is 1. The molecule has 4 aliphatic rings. The third kappa shape index (κ3) is 2.93. The highest BCUT2D eigenvalue weighted by molar-refractivity contribution is 5.69. The number of nitrogens with zero attached hydrogens (tertiary/aromatic N) is 3. The van der Waals surface area contributed by atoms with Gasteiger partial charge in [0.05, 0.1) is 11.5 Å². The third-order valence-corrected chi connectivity index (χ3v) is 6.51. The van der Waals surface area contributed by atoms with Gasteiger partial charge in [0.2, 0.25) is 0 Å². The number of esters is 1. The summed E-state index contributed by atoms with van der Waals surface area (Å²) in [5.41, 5.74) is 0.894. The second-order valence-electron chi connectivity index (χ2n) is 8.51. The van der Waals surface area contributed by atoms with Gasteiger partial charge < -0.3 is 4.74 Å². The van der Waals surface area contributed by atoms with Crippen LogP contribution in [0.4, 0.5) is 5.69 Å². The molecule has 0 saturated heterocycles. The molecule has 4 saturated carbocycles. The monoisotopic (exact) mass is 347 g/mol. The third-order valence-electron chi connectivity index (χ3n) is 6.51. The van der Waals surface area contributed by atoms with Crippen LogP contribution in [-0.4, -0.2) is 27.3 Å². The fraction of sp³-hybridized carbons (Fsp3) is 0.778. The maximum absolute atomic E-state index is 12.3. The number of hydrogen-bond donors (Lipinski definition) is 0. The van der Waals surface area contributed by atoms with Gasteiger partial charge in [-0.2, -0.15) is 5.10 Å². The van der Waals surface area contributed by atoms with E-state index >= 15 is 0 Å². The smallest absolute Gasteiger partial charge is 0.327 e. The lowest BCUT2D eigenvalue weighted by molar-refractivity contribution is -0.386. The molecule has 1 aromatic heterocycles. The van der Waals surface area contributed by atoms with Crippen LogP contribution in [0.3, 0.4) is 0 Å². The van der Waals surface area contributed by atoms with Crippen LogP contribution in [0.25, 0.3) is 0 Å². The molecule has 0 unspecified atom stereocenters. The van der Waals surface area contributed by atoms with E-state index in [2.05, 4.69) is 5.10 Å². The van der Waals surface area contributed by atoms with E-state index in [1.807, 2.05) is 0 Å². The minimum atomic E-state index is -0.449. The summed E-state index contributed by atoms with van der Waals surface area (Å²) in [6.07, 6.45) is 7.67. The Labute approximate surface area is 146 Å². The van der Waals surface area contributed by atoms with E-state index in [1.54, 1.807) is 13.8 Å². The quantitative estimate of drug-likeness (QED) is 0.464. The SMILES string of the molecule is Cc1nn(CC(=O)OCC23CC4CC(CC(C4)C2)C3)c(C)c1[N+](=O)[O-]. The summed E-state index contributed by atoms with van der Waals surface area (Å²) in [5.74, 6) is 2.12.